The van der Waals surface area contributed by atoms with E-state index in [9.17, 15) is 0 Å². The molecule has 1 heterocycles. The lowest BCUT2D eigenvalue weighted by molar-refractivity contribution is 1.28. The fourth-order valence-electron chi connectivity index (χ4n) is 1.63. The molecule has 0 aliphatic carbocycles. The molecule has 0 aliphatic rings. The van der Waals surface area contributed by atoms with Crippen molar-refractivity contribution in [2.75, 3.05) is 17.7 Å². The maximum atomic E-state index is 4.18. The van der Waals surface area contributed by atoms with Gasteiger partial charge in [0.2, 0.25) is 0 Å². The molecule has 2 N–H and O–H groups in total. The van der Waals surface area contributed by atoms with Gasteiger partial charge < -0.3 is 10.6 Å². The van der Waals surface area contributed by atoms with Crippen LogP contribution in [0.3, 0.4) is 0 Å². The summed E-state index contributed by atoms with van der Waals surface area (Å²) in [6, 6.07) is 10.3. The van der Waals surface area contributed by atoms with Crippen LogP contribution < -0.4 is 10.6 Å². The van der Waals surface area contributed by atoms with Crippen molar-refractivity contribution in [1.29, 1.82) is 0 Å². The van der Waals surface area contributed by atoms with E-state index in [0.29, 0.717) is 0 Å². The topological polar surface area (TPSA) is 37.0 Å². The van der Waals surface area contributed by atoms with Crippen LogP contribution in [0.5, 0.6) is 0 Å². The highest BCUT2D eigenvalue weighted by molar-refractivity contribution is 5.63. The predicted octanol–water partition coefficient (Wildman–Crippen LogP) is 3.48. The van der Waals surface area contributed by atoms with Gasteiger partial charge in [-0.2, -0.15) is 0 Å². The minimum atomic E-state index is 0.860. The molecule has 17 heavy (non-hydrogen) atoms. The van der Waals surface area contributed by atoms with Gasteiger partial charge in [0.25, 0.3) is 0 Å². The minimum Gasteiger partial charge on any atom is -0.373 e. The summed E-state index contributed by atoms with van der Waals surface area (Å²) in [5.74, 6) is 0.860. The standard InChI is InChI=1S/C14H17N3/c1-10-4-5-12(8-11(10)2)17-13-6-7-16-14(9-13)15-3/h4-9H,1-3H3,(H2,15,16,17). The Morgan fingerprint density at radius 3 is 2.41 bits per heavy atom. The van der Waals surface area contributed by atoms with Gasteiger partial charge in [0.15, 0.2) is 0 Å². The van der Waals surface area contributed by atoms with Gasteiger partial charge in [0, 0.05) is 30.7 Å². The molecule has 1 aromatic heterocycles. The normalized spacial score (nSPS) is 10.1. The zero-order chi connectivity index (χ0) is 12.3. The molecule has 0 unspecified atom stereocenters. The number of anilines is 3. The van der Waals surface area contributed by atoms with Gasteiger partial charge >= 0.3 is 0 Å². The molecule has 3 nitrogen and oxygen atoms in total. The molecule has 1 aromatic carbocycles. The molecule has 0 radical (unpaired) electrons. The smallest absolute Gasteiger partial charge is 0.127 e. The van der Waals surface area contributed by atoms with Gasteiger partial charge in [-0.25, -0.2) is 4.98 Å². The van der Waals surface area contributed by atoms with Gasteiger partial charge in [-0.15, -0.1) is 0 Å². The van der Waals surface area contributed by atoms with E-state index < -0.39 is 0 Å². The highest BCUT2D eigenvalue weighted by atomic mass is 15.0. The van der Waals surface area contributed by atoms with Crippen molar-refractivity contribution >= 4 is 17.2 Å². The molecule has 0 saturated carbocycles. The van der Waals surface area contributed by atoms with Crippen LogP contribution >= 0.6 is 0 Å². The Morgan fingerprint density at radius 1 is 0.941 bits per heavy atom. The van der Waals surface area contributed by atoms with E-state index >= 15 is 0 Å². The highest BCUT2D eigenvalue weighted by Crippen LogP contribution is 2.20. The average molecular weight is 227 g/mol. The van der Waals surface area contributed by atoms with Gasteiger partial charge in [0.1, 0.15) is 5.82 Å². The zero-order valence-electron chi connectivity index (χ0n) is 10.4. The van der Waals surface area contributed by atoms with Gasteiger partial charge in [-0.1, -0.05) is 6.07 Å². The maximum absolute atomic E-state index is 4.18. The van der Waals surface area contributed by atoms with Crippen molar-refractivity contribution in [3.8, 4) is 0 Å². The number of aryl methyl sites for hydroxylation is 2. The summed E-state index contributed by atoms with van der Waals surface area (Å²) in [4.78, 5) is 4.18. The maximum Gasteiger partial charge on any atom is 0.127 e. The Balaban J connectivity index is 2.22. The number of nitrogens with one attached hydrogen (secondary N) is 2. The number of pyridine rings is 1. The van der Waals surface area contributed by atoms with Crippen LogP contribution in [0, 0.1) is 13.8 Å². The van der Waals surface area contributed by atoms with Gasteiger partial charge in [0.05, 0.1) is 0 Å². The van der Waals surface area contributed by atoms with Crippen LogP contribution in [0.15, 0.2) is 36.5 Å². The third kappa shape index (κ3) is 2.75. The third-order valence-corrected chi connectivity index (χ3v) is 2.81. The lowest BCUT2D eigenvalue weighted by Gasteiger charge is -2.09. The number of hydrogen-bond acceptors (Lipinski definition) is 3. The summed E-state index contributed by atoms with van der Waals surface area (Å²) >= 11 is 0. The van der Waals surface area contributed by atoms with Gasteiger partial charge in [-0.3, -0.25) is 0 Å². The molecule has 88 valence electrons. The average Bonchev–Trinajstić information content (AvgIpc) is 2.34. The van der Waals surface area contributed by atoms with E-state index in [1.54, 1.807) is 6.20 Å². The molecule has 0 aliphatic heterocycles. The van der Waals surface area contributed by atoms with Crippen molar-refractivity contribution in [3.63, 3.8) is 0 Å². The molecule has 2 aromatic rings. The monoisotopic (exact) mass is 227 g/mol. The minimum absolute atomic E-state index is 0.860. The first-order chi connectivity index (χ1) is 8.19. The Morgan fingerprint density at radius 2 is 1.71 bits per heavy atom. The first-order valence-corrected chi connectivity index (χ1v) is 5.67. The Hall–Kier alpha value is -2.03. The summed E-state index contributed by atoms with van der Waals surface area (Å²) in [6.07, 6.45) is 1.79. The molecule has 0 atom stereocenters. The second-order valence-electron chi connectivity index (χ2n) is 4.10. The van der Waals surface area contributed by atoms with Crippen molar-refractivity contribution in [1.82, 2.24) is 4.98 Å². The summed E-state index contributed by atoms with van der Waals surface area (Å²) in [5.41, 5.74) is 4.73. The highest BCUT2D eigenvalue weighted by Gasteiger charge is 1.98. The molecule has 0 fully saturated rings. The molecule has 2 rings (SSSR count). The van der Waals surface area contributed by atoms with Crippen molar-refractivity contribution < 1.29 is 0 Å². The number of aromatic nitrogens is 1. The summed E-state index contributed by atoms with van der Waals surface area (Å²) in [7, 11) is 1.86. The van der Waals surface area contributed by atoms with E-state index in [-0.39, 0.29) is 0 Å². The SMILES string of the molecule is CNc1cc(Nc2ccc(C)c(C)c2)ccn1. The molecule has 3 heteroatoms. The summed E-state index contributed by atoms with van der Waals surface area (Å²) < 4.78 is 0. The second-order valence-corrected chi connectivity index (χ2v) is 4.10. The Labute approximate surface area is 102 Å². The molecule has 0 spiro atoms. The molecular weight excluding hydrogens is 210 g/mol. The quantitative estimate of drug-likeness (QED) is 0.842. The largest absolute Gasteiger partial charge is 0.373 e. The predicted molar refractivity (Wildman–Crippen MR) is 73.0 cm³/mol. The fraction of sp³-hybridized carbons (Fsp3) is 0.214. The zero-order valence-corrected chi connectivity index (χ0v) is 10.4. The van der Waals surface area contributed by atoms with Gasteiger partial charge in [-0.05, 0) is 43.2 Å². The Kier molecular flexibility index (Phi) is 3.28. The molecular formula is C14H17N3. The van der Waals surface area contributed by atoms with E-state index in [4.69, 9.17) is 0 Å². The van der Waals surface area contributed by atoms with E-state index in [0.717, 1.165) is 17.2 Å². The third-order valence-electron chi connectivity index (χ3n) is 2.81. The van der Waals surface area contributed by atoms with Crippen molar-refractivity contribution in [2.24, 2.45) is 0 Å². The van der Waals surface area contributed by atoms with E-state index in [2.05, 4.69) is 47.7 Å². The lowest BCUT2D eigenvalue weighted by Crippen LogP contribution is -1.95. The summed E-state index contributed by atoms with van der Waals surface area (Å²) in [6.45, 7) is 4.23. The number of rotatable bonds is 3. The fourth-order valence-corrected chi connectivity index (χ4v) is 1.63. The number of hydrogen-bond donors (Lipinski definition) is 2. The van der Waals surface area contributed by atoms with Crippen LogP contribution in [-0.2, 0) is 0 Å². The Bertz CT molecular complexity index is 521. The molecule has 0 amide bonds. The van der Waals surface area contributed by atoms with Crippen molar-refractivity contribution in [2.45, 2.75) is 13.8 Å². The second kappa shape index (κ2) is 4.87. The van der Waals surface area contributed by atoms with Crippen LogP contribution in [-0.4, -0.2) is 12.0 Å². The van der Waals surface area contributed by atoms with Crippen LogP contribution in [0.2, 0.25) is 0 Å². The van der Waals surface area contributed by atoms with E-state index in [1.165, 1.54) is 11.1 Å². The molecule has 0 bridgehead atoms. The molecule has 0 saturated heterocycles. The van der Waals surface area contributed by atoms with Crippen LogP contribution in [0.1, 0.15) is 11.1 Å². The van der Waals surface area contributed by atoms with Crippen molar-refractivity contribution in [3.05, 3.63) is 47.7 Å². The lowest BCUT2D eigenvalue weighted by atomic mass is 10.1. The first-order valence-electron chi connectivity index (χ1n) is 5.67. The first kappa shape index (κ1) is 11.5. The number of benzene rings is 1. The summed E-state index contributed by atoms with van der Waals surface area (Å²) in [5, 5.41) is 6.39. The van der Waals surface area contributed by atoms with Crippen LogP contribution in [0.4, 0.5) is 17.2 Å². The number of nitrogens with zero attached hydrogens (tertiary/aromatic N) is 1. The van der Waals surface area contributed by atoms with Crippen LogP contribution in [0.25, 0.3) is 0 Å². The van der Waals surface area contributed by atoms with E-state index in [1.807, 2.05) is 19.2 Å².